The molecule has 0 amide bonds. The molecule has 0 radical (unpaired) electrons. The molecule has 0 bridgehead atoms. The molecular weight excluding hydrogens is 506 g/mol. The van der Waals surface area contributed by atoms with Crippen molar-refractivity contribution in [3.8, 4) is 16.8 Å². The van der Waals surface area contributed by atoms with Gasteiger partial charge in [0.2, 0.25) is 0 Å². The third-order valence-corrected chi connectivity index (χ3v) is 9.24. The summed E-state index contributed by atoms with van der Waals surface area (Å²) in [4.78, 5) is 0. The highest BCUT2D eigenvalue weighted by atomic mass is 15.0. The second-order valence-corrected chi connectivity index (χ2v) is 11.3. The molecule has 0 aliphatic heterocycles. The van der Waals surface area contributed by atoms with Crippen LogP contribution >= 0.6 is 0 Å². The van der Waals surface area contributed by atoms with Gasteiger partial charge >= 0.3 is 0 Å². The van der Waals surface area contributed by atoms with Gasteiger partial charge in [-0.15, -0.1) is 0 Å². The van der Waals surface area contributed by atoms with Crippen LogP contribution in [0.5, 0.6) is 0 Å². The van der Waals surface area contributed by atoms with Crippen molar-refractivity contribution in [3.63, 3.8) is 0 Å². The number of fused-ring (bicyclic) bond motifs is 7. The van der Waals surface area contributed by atoms with Gasteiger partial charge in [-0.25, -0.2) is 0 Å². The van der Waals surface area contributed by atoms with Crippen molar-refractivity contribution in [1.29, 1.82) is 0 Å². The van der Waals surface area contributed by atoms with Gasteiger partial charge in [0.25, 0.3) is 0 Å². The lowest BCUT2D eigenvalue weighted by molar-refractivity contribution is 0.771. The number of hydrogen-bond acceptors (Lipinski definition) is 0. The van der Waals surface area contributed by atoms with Gasteiger partial charge in [0, 0.05) is 16.5 Å². The SMILES string of the molecule is c1ccc(-n2c3ccccc3c3cc(C4(c5ccccc5)c5ccccc5-c5cc6ccccc6cc54)ccc32)cc1. The highest BCUT2D eigenvalue weighted by Crippen LogP contribution is 2.57. The van der Waals surface area contributed by atoms with E-state index in [0.29, 0.717) is 0 Å². The number of benzene rings is 7. The molecule has 7 aromatic carbocycles. The first-order valence-electron chi connectivity index (χ1n) is 14.6. The van der Waals surface area contributed by atoms with E-state index in [-0.39, 0.29) is 0 Å². The van der Waals surface area contributed by atoms with Crippen molar-refractivity contribution in [2.75, 3.05) is 0 Å². The van der Waals surface area contributed by atoms with Gasteiger partial charge in [0.15, 0.2) is 0 Å². The van der Waals surface area contributed by atoms with Crippen LogP contribution < -0.4 is 0 Å². The molecule has 1 aliphatic rings. The normalized spacial score (nSPS) is 15.7. The van der Waals surface area contributed by atoms with Crippen LogP contribution in [0, 0.1) is 0 Å². The molecule has 0 saturated carbocycles. The maximum absolute atomic E-state index is 2.46. The smallest absolute Gasteiger partial charge is 0.0714 e. The molecule has 1 aromatic heterocycles. The van der Waals surface area contributed by atoms with Crippen LogP contribution in [0.15, 0.2) is 164 Å². The van der Waals surface area contributed by atoms with E-state index in [2.05, 4.69) is 168 Å². The Morgan fingerprint density at radius 1 is 0.381 bits per heavy atom. The van der Waals surface area contributed by atoms with Gasteiger partial charge in [-0.05, 0) is 86.6 Å². The first-order chi connectivity index (χ1) is 20.8. The number of rotatable bonds is 3. The van der Waals surface area contributed by atoms with Crippen LogP contribution in [-0.4, -0.2) is 4.57 Å². The van der Waals surface area contributed by atoms with Crippen LogP contribution in [0.3, 0.4) is 0 Å². The van der Waals surface area contributed by atoms with Crippen molar-refractivity contribution in [3.05, 3.63) is 186 Å². The third-order valence-electron chi connectivity index (χ3n) is 9.24. The molecule has 9 rings (SSSR count). The van der Waals surface area contributed by atoms with Crippen molar-refractivity contribution < 1.29 is 0 Å². The highest BCUT2D eigenvalue weighted by molar-refractivity contribution is 6.10. The van der Waals surface area contributed by atoms with Crippen LogP contribution in [0.25, 0.3) is 49.4 Å². The Morgan fingerprint density at radius 3 is 1.86 bits per heavy atom. The number of nitrogens with zero attached hydrogens (tertiary/aromatic N) is 1. The summed E-state index contributed by atoms with van der Waals surface area (Å²) in [5, 5.41) is 5.09. The second kappa shape index (κ2) is 8.80. The summed E-state index contributed by atoms with van der Waals surface area (Å²) in [6, 6.07) is 60.4. The Hall–Kier alpha value is -5.40. The van der Waals surface area contributed by atoms with E-state index in [0.717, 1.165) is 0 Å². The Bertz CT molecular complexity index is 2290. The molecular formula is C41H27N. The zero-order valence-corrected chi connectivity index (χ0v) is 23.0. The van der Waals surface area contributed by atoms with E-state index in [1.165, 1.54) is 71.6 Å². The van der Waals surface area contributed by atoms with Gasteiger partial charge in [0.05, 0.1) is 16.4 Å². The zero-order valence-electron chi connectivity index (χ0n) is 23.0. The van der Waals surface area contributed by atoms with E-state index < -0.39 is 5.41 Å². The maximum atomic E-state index is 2.46. The average Bonchev–Trinajstić information content (AvgIpc) is 3.54. The van der Waals surface area contributed by atoms with E-state index in [9.17, 15) is 0 Å². The Balaban J connectivity index is 1.43. The average molecular weight is 534 g/mol. The lowest BCUT2D eigenvalue weighted by Crippen LogP contribution is -2.28. The molecule has 0 fully saturated rings. The maximum Gasteiger partial charge on any atom is 0.0714 e. The predicted molar refractivity (Wildman–Crippen MR) is 176 cm³/mol. The van der Waals surface area contributed by atoms with Crippen molar-refractivity contribution in [2.45, 2.75) is 5.41 Å². The standard InChI is InChI=1S/C41H27N/c1-3-15-30(16-4-1)41(37-21-11-9-19-33(37)35-25-28-13-7-8-14-29(28)26-38(35)41)31-23-24-40-36(27-31)34-20-10-12-22-39(34)42(40)32-17-5-2-6-18-32/h1-27H. The van der Waals surface area contributed by atoms with Crippen molar-refractivity contribution >= 4 is 32.6 Å². The molecule has 1 aliphatic carbocycles. The molecule has 0 saturated heterocycles. The van der Waals surface area contributed by atoms with Gasteiger partial charge in [-0.1, -0.05) is 121 Å². The predicted octanol–water partition coefficient (Wildman–Crippen LogP) is 10.3. The van der Waals surface area contributed by atoms with E-state index >= 15 is 0 Å². The molecule has 1 heteroatoms. The summed E-state index contributed by atoms with van der Waals surface area (Å²) in [6.07, 6.45) is 0. The molecule has 0 N–H and O–H groups in total. The first kappa shape index (κ1) is 23.3. The number of hydrogen-bond donors (Lipinski definition) is 0. The van der Waals surface area contributed by atoms with E-state index in [1.54, 1.807) is 0 Å². The van der Waals surface area contributed by atoms with E-state index in [4.69, 9.17) is 0 Å². The second-order valence-electron chi connectivity index (χ2n) is 11.3. The molecule has 42 heavy (non-hydrogen) atoms. The summed E-state index contributed by atoms with van der Waals surface area (Å²) >= 11 is 0. The minimum absolute atomic E-state index is 0.443. The van der Waals surface area contributed by atoms with E-state index in [1.807, 2.05) is 0 Å². The highest BCUT2D eigenvalue weighted by Gasteiger charge is 2.46. The molecule has 1 unspecified atom stereocenters. The monoisotopic (exact) mass is 533 g/mol. The van der Waals surface area contributed by atoms with Crippen LogP contribution in [-0.2, 0) is 5.41 Å². The molecule has 1 atom stereocenters. The fraction of sp³-hybridized carbons (Fsp3) is 0.0244. The molecule has 8 aromatic rings. The minimum Gasteiger partial charge on any atom is -0.309 e. The molecule has 196 valence electrons. The Labute approximate surface area is 244 Å². The van der Waals surface area contributed by atoms with Gasteiger partial charge in [-0.3, -0.25) is 0 Å². The fourth-order valence-corrected chi connectivity index (χ4v) is 7.50. The number of para-hydroxylation sites is 2. The lowest BCUT2D eigenvalue weighted by atomic mass is 9.67. The molecule has 1 heterocycles. The molecule has 0 spiro atoms. The van der Waals surface area contributed by atoms with Crippen LogP contribution in [0.2, 0.25) is 0 Å². The molecule has 1 nitrogen and oxygen atoms in total. The fourth-order valence-electron chi connectivity index (χ4n) is 7.50. The van der Waals surface area contributed by atoms with Crippen LogP contribution in [0.1, 0.15) is 22.3 Å². The van der Waals surface area contributed by atoms with Crippen molar-refractivity contribution in [2.24, 2.45) is 0 Å². The quantitative estimate of drug-likeness (QED) is 0.213. The topological polar surface area (TPSA) is 4.93 Å². The summed E-state index contributed by atoms with van der Waals surface area (Å²) in [7, 11) is 0. The Morgan fingerprint density at radius 2 is 1.02 bits per heavy atom. The number of aromatic nitrogens is 1. The summed E-state index contributed by atoms with van der Waals surface area (Å²) < 4.78 is 2.40. The van der Waals surface area contributed by atoms with Gasteiger partial charge in [-0.2, -0.15) is 0 Å². The summed E-state index contributed by atoms with van der Waals surface area (Å²) in [6.45, 7) is 0. The third kappa shape index (κ3) is 3.08. The summed E-state index contributed by atoms with van der Waals surface area (Å²) in [5.74, 6) is 0. The largest absolute Gasteiger partial charge is 0.309 e. The lowest BCUT2D eigenvalue weighted by Gasteiger charge is -2.34. The van der Waals surface area contributed by atoms with Crippen molar-refractivity contribution in [1.82, 2.24) is 4.57 Å². The first-order valence-corrected chi connectivity index (χ1v) is 14.6. The van der Waals surface area contributed by atoms with Gasteiger partial charge in [0.1, 0.15) is 0 Å². The summed E-state index contributed by atoms with van der Waals surface area (Å²) in [5.41, 5.74) is 11.1. The zero-order chi connectivity index (χ0) is 27.7. The Kier molecular flexibility index (Phi) is 4.88. The van der Waals surface area contributed by atoms with Crippen LogP contribution in [0.4, 0.5) is 0 Å². The van der Waals surface area contributed by atoms with Gasteiger partial charge < -0.3 is 4.57 Å². The minimum atomic E-state index is -0.443.